The second-order valence-corrected chi connectivity index (χ2v) is 13.2. The van der Waals surface area contributed by atoms with Crippen LogP contribution in [-0.4, -0.2) is 34.9 Å². The van der Waals surface area contributed by atoms with Crippen LogP contribution in [0.15, 0.2) is 34.5 Å². The fourth-order valence-corrected chi connectivity index (χ4v) is 6.56. The molecular weight excluding hydrogens is 495 g/mol. The van der Waals surface area contributed by atoms with Gasteiger partial charge in [-0.05, 0) is 38.5 Å². The molecule has 1 amide bonds. The maximum Gasteiger partial charge on any atom is 0.442 e. The summed E-state index contributed by atoms with van der Waals surface area (Å²) in [7, 11) is 4.02. The molecule has 5 nitrogen and oxygen atoms in total. The number of carbonyl (C=O) groups excluding carboxylic acids is 2. The summed E-state index contributed by atoms with van der Waals surface area (Å²) >= 11 is 0. The van der Waals surface area contributed by atoms with Crippen LogP contribution >= 0.6 is 21.6 Å². The second-order valence-electron chi connectivity index (χ2n) is 10.4. The molecule has 1 aromatic rings. The first-order valence-electron chi connectivity index (χ1n) is 12.0. The van der Waals surface area contributed by atoms with E-state index in [-0.39, 0.29) is 28.7 Å². The third-order valence-electron chi connectivity index (χ3n) is 5.35. The van der Waals surface area contributed by atoms with Crippen molar-refractivity contribution in [3.8, 4) is 0 Å². The lowest BCUT2D eigenvalue weighted by Gasteiger charge is -2.17. The quantitative estimate of drug-likeness (QED) is 0.201. The van der Waals surface area contributed by atoms with Crippen molar-refractivity contribution in [2.45, 2.75) is 96.3 Å². The Kier molecular flexibility index (Phi) is 10.7. The van der Waals surface area contributed by atoms with Crippen molar-refractivity contribution in [2.75, 3.05) is 5.75 Å². The van der Waals surface area contributed by atoms with Gasteiger partial charge in [-0.15, -0.1) is 10.2 Å². The molecule has 0 saturated carbocycles. The monoisotopic (exact) mass is 531 g/mol. The fourth-order valence-electron chi connectivity index (χ4n) is 3.53. The molecular formula is C25H36F3N3O2S2. The third kappa shape index (κ3) is 9.79. The Balaban J connectivity index is 0.000000258. The minimum Gasteiger partial charge on any atom is -0.354 e. The Morgan fingerprint density at radius 3 is 2.20 bits per heavy atom. The number of carbonyl (C=O) groups is 2. The number of unbranched alkanes of at least 4 members (excludes halogenated alkanes) is 1. The molecule has 0 aliphatic carbocycles. The van der Waals surface area contributed by atoms with Crippen molar-refractivity contribution in [3.63, 3.8) is 0 Å². The van der Waals surface area contributed by atoms with Crippen LogP contribution in [0.25, 0.3) is 0 Å². The van der Waals surface area contributed by atoms with E-state index in [0.717, 1.165) is 11.7 Å². The Hall–Kier alpha value is -1.55. The molecule has 0 bridgehead atoms. The lowest BCUT2D eigenvalue weighted by atomic mass is 9.87. The highest BCUT2D eigenvalue weighted by Gasteiger charge is 2.65. The third-order valence-corrected chi connectivity index (χ3v) is 8.36. The molecule has 1 aromatic carbocycles. The zero-order valence-electron chi connectivity index (χ0n) is 21.1. The Bertz CT molecular complexity index is 869. The van der Waals surface area contributed by atoms with E-state index in [4.69, 9.17) is 0 Å². The van der Waals surface area contributed by atoms with Crippen molar-refractivity contribution >= 4 is 33.3 Å². The number of Topliss-reactive ketones (excluding diaryl/α,β-unsaturated/α-hetero) is 1. The highest BCUT2D eigenvalue weighted by molar-refractivity contribution is 8.77. The molecule has 10 heteroatoms. The van der Waals surface area contributed by atoms with Crippen LogP contribution in [0.4, 0.5) is 13.2 Å². The van der Waals surface area contributed by atoms with Crippen molar-refractivity contribution in [3.05, 3.63) is 35.4 Å². The SMILES string of the molecule is CC(C)(C)CC(=O)c1ccc(C2(C(F)(F)F)N=N2)cc1.CC(C)NC(=O)CCCCC1CCSS1. The van der Waals surface area contributed by atoms with Crippen molar-refractivity contribution in [1.82, 2.24) is 5.32 Å². The van der Waals surface area contributed by atoms with E-state index in [1.165, 1.54) is 49.3 Å². The van der Waals surface area contributed by atoms with Gasteiger partial charge in [-0.3, -0.25) is 9.59 Å². The number of benzene rings is 1. The standard InChI is InChI=1S/C14H15F3N2O.C11H21NOS2/c1-12(2,3)8-11(20)9-4-6-10(7-5-9)13(18-19-13)14(15,16)17;1-9(2)12-11(13)6-4-3-5-10-7-8-14-15-10/h4-7H,8H2,1-3H3;9-10H,3-8H2,1-2H3,(H,12,13). The smallest absolute Gasteiger partial charge is 0.354 e. The molecule has 1 N–H and O–H groups in total. The van der Waals surface area contributed by atoms with E-state index in [2.05, 4.69) is 15.5 Å². The number of amides is 1. The van der Waals surface area contributed by atoms with Gasteiger partial charge >= 0.3 is 11.8 Å². The Morgan fingerprint density at radius 2 is 1.74 bits per heavy atom. The number of nitrogens with zero attached hydrogens (tertiary/aromatic N) is 2. The number of rotatable bonds is 9. The Labute approximate surface area is 214 Å². The maximum atomic E-state index is 12.8. The molecule has 2 heterocycles. The van der Waals surface area contributed by atoms with E-state index in [1.807, 2.05) is 56.2 Å². The van der Waals surface area contributed by atoms with Gasteiger partial charge in [0, 0.05) is 41.0 Å². The molecule has 0 radical (unpaired) electrons. The van der Waals surface area contributed by atoms with Crippen LogP contribution in [0.3, 0.4) is 0 Å². The second kappa shape index (κ2) is 12.6. The summed E-state index contributed by atoms with van der Waals surface area (Å²) < 4.78 is 38.4. The van der Waals surface area contributed by atoms with Crippen molar-refractivity contribution in [1.29, 1.82) is 0 Å². The molecule has 35 heavy (non-hydrogen) atoms. The summed E-state index contributed by atoms with van der Waals surface area (Å²) in [4.78, 5) is 23.3. The summed E-state index contributed by atoms with van der Waals surface area (Å²) in [5.41, 5.74) is -2.23. The number of halogens is 3. The van der Waals surface area contributed by atoms with Crippen LogP contribution in [0.2, 0.25) is 0 Å². The molecule has 2 aliphatic rings. The topological polar surface area (TPSA) is 70.9 Å². The minimum absolute atomic E-state index is 0.0580. The molecule has 1 unspecified atom stereocenters. The summed E-state index contributed by atoms with van der Waals surface area (Å²) in [5, 5.41) is 10.0. The molecule has 0 aromatic heterocycles. The average molecular weight is 532 g/mol. The maximum absolute atomic E-state index is 12.8. The van der Waals surface area contributed by atoms with E-state index >= 15 is 0 Å². The van der Waals surface area contributed by atoms with Gasteiger partial charge in [-0.25, -0.2) is 0 Å². The summed E-state index contributed by atoms with van der Waals surface area (Å²) in [6, 6.07) is 5.62. The highest BCUT2D eigenvalue weighted by atomic mass is 33.1. The zero-order valence-corrected chi connectivity index (χ0v) is 22.7. The van der Waals surface area contributed by atoms with Crippen LogP contribution in [-0.2, 0) is 10.5 Å². The molecule has 1 atom stereocenters. The van der Waals surface area contributed by atoms with Crippen LogP contribution in [0, 0.1) is 5.41 Å². The van der Waals surface area contributed by atoms with E-state index in [9.17, 15) is 22.8 Å². The molecule has 3 rings (SSSR count). The summed E-state index contributed by atoms with van der Waals surface area (Å²) in [5.74, 6) is 1.43. The van der Waals surface area contributed by atoms with Gasteiger partial charge in [0.05, 0.1) is 0 Å². The van der Waals surface area contributed by atoms with Gasteiger partial charge in [0.25, 0.3) is 0 Å². The largest absolute Gasteiger partial charge is 0.442 e. The van der Waals surface area contributed by atoms with Gasteiger partial charge in [-0.1, -0.05) is 73.0 Å². The summed E-state index contributed by atoms with van der Waals surface area (Å²) in [6.07, 6.45) is 1.38. The van der Waals surface area contributed by atoms with Crippen LogP contribution < -0.4 is 5.32 Å². The van der Waals surface area contributed by atoms with Gasteiger partial charge in [0.15, 0.2) is 5.78 Å². The number of alkyl halides is 3. The van der Waals surface area contributed by atoms with Crippen LogP contribution in [0.1, 0.15) is 89.1 Å². The predicted molar refractivity (Wildman–Crippen MR) is 138 cm³/mol. The molecule has 196 valence electrons. The highest BCUT2D eigenvalue weighted by Crippen LogP contribution is 2.52. The Morgan fingerprint density at radius 1 is 1.11 bits per heavy atom. The van der Waals surface area contributed by atoms with Crippen molar-refractivity contribution in [2.24, 2.45) is 15.6 Å². The average Bonchev–Trinajstić information content (AvgIpc) is 3.41. The van der Waals surface area contributed by atoms with Gasteiger partial charge < -0.3 is 5.32 Å². The normalized spacial score (nSPS) is 18.7. The number of hydrogen-bond acceptors (Lipinski definition) is 6. The van der Waals surface area contributed by atoms with E-state index in [0.29, 0.717) is 18.4 Å². The number of ketones is 1. The lowest BCUT2D eigenvalue weighted by molar-refractivity contribution is -0.166. The summed E-state index contributed by atoms with van der Waals surface area (Å²) in [6.45, 7) is 9.80. The van der Waals surface area contributed by atoms with Gasteiger partial charge in [0.1, 0.15) is 0 Å². The number of hydrogen-bond donors (Lipinski definition) is 1. The number of nitrogens with one attached hydrogen (secondary N) is 1. The van der Waals surface area contributed by atoms with Gasteiger partial charge in [-0.2, -0.15) is 13.2 Å². The first kappa shape index (κ1) is 29.7. The first-order chi connectivity index (χ1) is 16.2. The van der Waals surface area contributed by atoms with E-state index < -0.39 is 11.8 Å². The van der Waals surface area contributed by atoms with E-state index in [1.54, 1.807) is 0 Å². The zero-order chi connectivity index (χ0) is 26.3. The molecule has 1 saturated heterocycles. The van der Waals surface area contributed by atoms with Gasteiger partial charge in [0.2, 0.25) is 5.91 Å². The molecule has 2 aliphatic heterocycles. The molecule has 0 spiro atoms. The lowest BCUT2D eigenvalue weighted by Crippen LogP contribution is -2.30. The predicted octanol–water partition coefficient (Wildman–Crippen LogP) is 7.71. The minimum atomic E-state index is -4.54. The van der Waals surface area contributed by atoms with Crippen molar-refractivity contribution < 1.29 is 22.8 Å². The molecule has 1 fully saturated rings. The van der Waals surface area contributed by atoms with Crippen LogP contribution in [0.5, 0.6) is 0 Å². The fraction of sp³-hybridized carbons (Fsp3) is 0.680. The first-order valence-corrected chi connectivity index (χ1v) is 14.3.